The fourth-order valence-corrected chi connectivity index (χ4v) is 2.01. The molecule has 0 aliphatic carbocycles. The van der Waals surface area contributed by atoms with Crippen LogP contribution < -0.4 is 10.2 Å². The molecule has 1 N–H and O–H groups in total. The van der Waals surface area contributed by atoms with Gasteiger partial charge in [-0.3, -0.25) is 4.79 Å². The number of aromatic hydroxyl groups is 1. The van der Waals surface area contributed by atoms with Gasteiger partial charge in [0.15, 0.2) is 11.2 Å². The Bertz CT molecular complexity index is 809. The highest BCUT2D eigenvalue weighted by Crippen LogP contribution is 2.35. The Kier molecular flexibility index (Phi) is 2.10. The van der Waals surface area contributed by atoms with Crippen molar-refractivity contribution < 1.29 is 18.7 Å². The number of aryl methyl sites for hydroxylation is 1. The highest BCUT2D eigenvalue weighted by molar-refractivity contribution is 6.00. The second kappa shape index (κ2) is 3.53. The summed E-state index contributed by atoms with van der Waals surface area (Å²) in [5.41, 5.74) is 0.314. The van der Waals surface area contributed by atoms with Crippen LogP contribution in [-0.4, -0.2) is 12.2 Å². The van der Waals surface area contributed by atoms with Crippen LogP contribution in [0.5, 0.6) is 11.5 Å². The van der Waals surface area contributed by atoms with Gasteiger partial charge in [-0.1, -0.05) is 0 Å². The lowest BCUT2D eigenvalue weighted by atomic mass is 10.1. The first-order valence-corrected chi connectivity index (χ1v) is 5.34. The van der Waals surface area contributed by atoms with E-state index in [1.807, 2.05) is 0 Å². The monoisotopic (exact) mass is 246 g/mol. The van der Waals surface area contributed by atoms with Crippen LogP contribution in [0.15, 0.2) is 32.0 Å². The van der Waals surface area contributed by atoms with Gasteiger partial charge in [-0.05, 0) is 19.1 Å². The number of benzene rings is 1. The van der Waals surface area contributed by atoms with Crippen LogP contribution in [0.4, 0.5) is 0 Å². The first-order chi connectivity index (χ1) is 8.63. The normalized spacial score (nSPS) is 11.2. The molecule has 2 aromatic heterocycles. The molecule has 0 fully saturated rings. The molecule has 92 valence electrons. The van der Waals surface area contributed by atoms with E-state index in [-0.39, 0.29) is 22.5 Å². The summed E-state index contributed by atoms with van der Waals surface area (Å²) in [6.45, 7) is 1.52. The van der Waals surface area contributed by atoms with Crippen LogP contribution in [0.2, 0.25) is 0 Å². The molecule has 5 nitrogen and oxygen atoms in total. The lowest BCUT2D eigenvalue weighted by Crippen LogP contribution is -2.03. The van der Waals surface area contributed by atoms with Crippen molar-refractivity contribution in [2.75, 3.05) is 7.11 Å². The molecule has 0 aliphatic heterocycles. The molecule has 0 saturated heterocycles. The van der Waals surface area contributed by atoms with Crippen molar-refractivity contribution in [2.24, 2.45) is 0 Å². The van der Waals surface area contributed by atoms with Gasteiger partial charge in [-0.2, -0.15) is 0 Å². The zero-order valence-electron chi connectivity index (χ0n) is 9.81. The summed E-state index contributed by atoms with van der Waals surface area (Å²) in [5.74, 6) is 0.122. The molecule has 0 radical (unpaired) electrons. The van der Waals surface area contributed by atoms with E-state index < -0.39 is 5.43 Å². The van der Waals surface area contributed by atoms with Gasteiger partial charge in [0.1, 0.15) is 5.76 Å². The summed E-state index contributed by atoms with van der Waals surface area (Å²) in [5, 5.41) is 10.6. The fraction of sp³-hybridized carbons (Fsp3) is 0.154. The predicted octanol–water partition coefficient (Wildman–Crippen LogP) is 2.56. The lowest BCUT2D eigenvalue weighted by Gasteiger charge is -2.06. The van der Waals surface area contributed by atoms with Crippen molar-refractivity contribution in [3.05, 3.63) is 34.4 Å². The van der Waals surface area contributed by atoms with Crippen LogP contribution in [0.1, 0.15) is 5.76 Å². The number of furan rings is 1. The minimum atomic E-state index is -0.477. The molecule has 0 unspecified atom stereocenters. The van der Waals surface area contributed by atoms with Gasteiger partial charge in [0.05, 0.1) is 18.8 Å². The summed E-state index contributed by atoms with van der Waals surface area (Å²) < 4.78 is 16.0. The van der Waals surface area contributed by atoms with Gasteiger partial charge in [0.25, 0.3) is 0 Å². The van der Waals surface area contributed by atoms with E-state index in [0.717, 1.165) is 5.39 Å². The Morgan fingerprint density at radius 3 is 2.83 bits per heavy atom. The molecule has 0 aliphatic rings. The molecule has 0 atom stereocenters. The molecule has 0 saturated carbocycles. The van der Waals surface area contributed by atoms with Crippen molar-refractivity contribution in [1.29, 1.82) is 0 Å². The molecular formula is C13H10O5. The van der Waals surface area contributed by atoms with Gasteiger partial charge in [0, 0.05) is 5.39 Å². The highest BCUT2D eigenvalue weighted by atomic mass is 16.5. The standard InChI is InChI=1S/C13H10O5/c1-6-9(14)10(15)8-5-7-3-4-17-11(7)13(16-2)12(8)18-6/h3-5,14H,1-2H3. The zero-order valence-corrected chi connectivity index (χ0v) is 9.81. The number of rotatable bonds is 1. The average molecular weight is 246 g/mol. The van der Waals surface area contributed by atoms with Crippen LogP contribution >= 0.6 is 0 Å². The van der Waals surface area contributed by atoms with E-state index in [0.29, 0.717) is 11.3 Å². The number of fused-ring (bicyclic) bond motifs is 2. The summed E-state index contributed by atoms with van der Waals surface area (Å²) >= 11 is 0. The van der Waals surface area contributed by atoms with Crippen LogP contribution in [0.3, 0.4) is 0 Å². The maximum absolute atomic E-state index is 12.0. The second-order valence-corrected chi connectivity index (χ2v) is 3.96. The van der Waals surface area contributed by atoms with Gasteiger partial charge in [-0.15, -0.1) is 0 Å². The van der Waals surface area contributed by atoms with Crippen LogP contribution in [0.25, 0.3) is 21.9 Å². The van der Waals surface area contributed by atoms with Crippen molar-refractivity contribution in [3.63, 3.8) is 0 Å². The number of hydrogen-bond acceptors (Lipinski definition) is 5. The third kappa shape index (κ3) is 1.24. The smallest absolute Gasteiger partial charge is 0.234 e. The van der Waals surface area contributed by atoms with E-state index in [1.54, 1.807) is 12.1 Å². The predicted molar refractivity (Wildman–Crippen MR) is 65.2 cm³/mol. The van der Waals surface area contributed by atoms with Crippen molar-refractivity contribution in [2.45, 2.75) is 6.92 Å². The summed E-state index contributed by atoms with van der Waals surface area (Å²) in [4.78, 5) is 12.0. The third-order valence-electron chi connectivity index (χ3n) is 2.91. The molecule has 1 aromatic carbocycles. The maximum Gasteiger partial charge on any atom is 0.234 e. The molecule has 0 spiro atoms. The molecule has 0 bridgehead atoms. The summed E-state index contributed by atoms with van der Waals surface area (Å²) in [6, 6.07) is 3.33. The third-order valence-corrected chi connectivity index (χ3v) is 2.91. The first-order valence-electron chi connectivity index (χ1n) is 5.34. The van der Waals surface area contributed by atoms with Gasteiger partial charge in [-0.25, -0.2) is 0 Å². The Morgan fingerprint density at radius 2 is 2.11 bits per heavy atom. The molecule has 3 aromatic rings. The van der Waals surface area contributed by atoms with Crippen LogP contribution in [-0.2, 0) is 0 Å². The first kappa shape index (κ1) is 10.7. The highest BCUT2D eigenvalue weighted by Gasteiger charge is 2.18. The topological polar surface area (TPSA) is 72.8 Å². The average Bonchev–Trinajstić information content (AvgIpc) is 2.82. The molecule has 0 amide bonds. The molecule has 18 heavy (non-hydrogen) atoms. The van der Waals surface area contributed by atoms with Crippen molar-refractivity contribution in [3.8, 4) is 11.5 Å². The largest absolute Gasteiger partial charge is 0.502 e. The van der Waals surface area contributed by atoms with Gasteiger partial charge < -0.3 is 18.7 Å². The maximum atomic E-state index is 12.0. The number of methoxy groups -OCH3 is 1. The van der Waals surface area contributed by atoms with Crippen LogP contribution in [0, 0.1) is 6.92 Å². The number of hydrogen-bond donors (Lipinski definition) is 1. The summed E-state index contributed by atoms with van der Waals surface area (Å²) in [7, 11) is 1.47. The summed E-state index contributed by atoms with van der Waals surface area (Å²) in [6.07, 6.45) is 1.50. The fourth-order valence-electron chi connectivity index (χ4n) is 2.01. The Labute approximate surface area is 101 Å². The van der Waals surface area contributed by atoms with Gasteiger partial charge >= 0.3 is 0 Å². The lowest BCUT2D eigenvalue weighted by molar-refractivity contribution is 0.394. The molecule has 2 heterocycles. The number of ether oxygens (including phenoxy) is 1. The van der Waals surface area contributed by atoms with E-state index in [2.05, 4.69) is 0 Å². The van der Waals surface area contributed by atoms with Crippen molar-refractivity contribution in [1.82, 2.24) is 0 Å². The quantitative estimate of drug-likeness (QED) is 0.714. The SMILES string of the molecule is COc1c2occc2cc2c(=O)c(O)c(C)oc12. The Balaban J connectivity index is 2.64. The van der Waals surface area contributed by atoms with E-state index in [1.165, 1.54) is 20.3 Å². The minimum Gasteiger partial charge on any atom is -0.502 e. The molecular weight excluding hydrogens is 236 g/mol. The molecule has 5 heteroatoms. The van der Waals surface area contributed by atoms with E-state index in [9.17, 15) is 9.90 Å². The molecule has 3 rings (SSSR count). The zero-order chi connectivity index (χ0) is 12.9. The Hall–Kier alpha value is -2.43. The Morgan fingerprint density at radius 1 is 1.33 bits per heavy atom. The van der Waals surface area contributed by atoms with Crippen molar-refractivity contribution >= 4 is 21.9 Å². The van der Waals surface area contributed by atoms with E-state index in [4.69, 9.17) is 13.6 Å². The van der Waals surface area contributed by atoms with Gasteiger partial charge in [0.2, 0.25) is 16.9 Å². The second-order valence-electron chi connectivity index (χ2n) is 3.96. The van der Waals surface area contributed by atoms with E-state index >= 15 is 0 Å². The minimum absolute atomic E-state index is 0.150.